The Labute approximate surface area is 119 Å². The molecule has 1 heterocycles. The molecule has 5 heteroatoms. The molecule has 0 aliphatic heterocycles. The maximum absolute atomic E-state index is 6.15. The van der Waals surface area contributed by atoms with E-state index < -0.39 is 0 Å². The molecular formula is C12H12ClIN2O. The fraction of sp³-hybridized carbons (Fsp3) is 0.250. The maximum Gasteiger partial charge on any atom is 0.133 e. The summed E-state index contributed by atoms with van der Waals surface area (Å²) >= 11 is 8.40. The number of hydrogen-bond donors (Lipinski definition) is 0. The van der Waals surface area contributed by atoms with Crippen LogP contribution >= 0.6 is 34.2 Å². The molecule has 0 saturated carbocycles. The SMILES string of the molecule is Cc1nn(C)c(COc2ccccc2I)c1Cl. The second kappa shape index (κ2) is 5.27. The first-order valence-corrected chi connectivity index (χ1v) is 6.60. The second-order valence-electron chi connectivity index (χ2n) is 3.69. The summed E-state index contributed by atoms with van der Waals surface area (Å²) in [5, 5.41) is 4.93. The fourth-order valence-corrected chi connectivity index (χ4v) is 2.30. The summed E-state index contributed by atoms with van der Waals surface area (Å²) in [6.07, 6.45) is 0. The van der Waals surface area contributed by atoms with E-state index in [1.54, 1.807) is 4.68 Å². The van der Waals surface area contributed by atoms with Crippen molar-refractivity contribution in [3.8, 4) is 5.75 Å². The van der Waals surface area contributed by atoms with Gasteiger partial charge < -0.3 is 4.74 Å². The van der Waals surface area contributed by atoms with Crippen LogP contribution in [0.3, 0.4) is 0 Å². The highest BCUT2D eigenvalue weighted by atomic mass is 127. The van der Waals surface area contributed by atoms with Crippen molar-refractivity contribution in [1.29, 1.82) is 0 Å². The van der Waals surface area contributed by atoms with Crippen LogP contribution in [0.4, 0.5) is 0 Å². The predicted molar refractivity (Wildman–Crippen MR) is 76.4 cm³/mol. The monoisotopic (exact) mass is 362 g/mol. The highest BCUT2D eigenvalue weighted by molar-refractivity contribution is 14.1. The molecule has 0 spiro atoms. The van der Waals surface area contributed by atoms with Gasteiger partial charge in [-0.05, 0) is 41.6 Å². The third-order valence-electron chi connectivity index (χ3n) is 2.46. The van der Waals surface area contributed by atoms with Gasteiger partial charge >= 0.3 is 0 Å². The molecule has 0 radical (unpaired) electrons. The standard InChI is InChI=1S/C12H12ClIN2O/c1-8-12(13)10(16(2)15-8)7-17-11-6-4-3-5-9(11)14/h3-6H,7H2,1-2H3. The van der Waals surface area contributed by atoms with Gasteiger partial charge in [-0.2, -0.15) is 5.10 Å². The van der Waals surface area contributed by atoms with Gasteiger partial charge in [0.2, 0.25) is 0 Å². The molecule has 2 rings (SSSR count). The highest BCUT2D eigenvalue weighted by Crippen LogP contribution is 2.24. The van der Waals surface area contributed by atoms with Crippen LogP contribution in [0.25, 0.3) is 0 Å². The average molecular weight is 363 g/mol. The van der Waals surface area contributed by atoms with Gasteiger partial charge in [0, 0.05) is 7.05 Å². The molecule has 0 aliphatic rings. The van der Waals surface area contributed by atoms with Gasteiger partial charge in [0.05, 0.1) is 20.0 Å². The lowest BCUT2D eigenvalue weighted by molar-refractivity contribution is 0.293. The molecule has 0 bridgehead atoms. The molecule has 1 aromatic carbocycles. The molecule has 0 aliphatic carbocycles. The normalized spacial score (nSPS) is 10.6. The minimum absolute atomic E-state index is 0.427. The lowest BCUT2D eigenvalue weighted by Gasteiger charge is -2.08. The fourth-order valence-electron chi connectivity index (χ4n) is 1.54. The van der Waals surface area contributed by atoms with Crippen molar-refractivity contribution in [2.75, 3.05) is 0 Å². The summed E-state index contributed by atoms with van der Waals surface area (Å²) in [5.41, 5.74) is 1.72. The Kier molecular flexibility index (Phi) is 3.93. The van der Waals surface area contributed by atoms with Gasteiger partial charge in [0.1, 0.15) is 12.4 Å². The molecule has 17 heavy (non-hydrogen) atoms. The van der Waals surface area contributed by atoms with Crippen LogP contribution in [-0.2, 0) is 13.7 Å². The van der Waals surface area contributed by atoms with Gasteiger partial charge in [-0.1, -0.05) is 23.7 Å². The number of hydrogen-bond acceptors (Lipinski definition) is 2. The van der Waals surface area contributed by atoms with Crippen molar-refractivity contribution < 1.29 is 4.74 Å². The van der Waals surface area contributed by atoms with Crippen molar-refractivity contribution in [3.05, 3.63) is 44.2 Å². The zero-order valence-electron chi connectivity index (χ0n) is 9.58. The zero-order chi connectivity index (χ0) is 12.4. The number of rotatable bonds is 3. The van der Waals surface area contributed by atoms with E-state index in [1.807, 2.05) is 38.2 Å². The number of benzene rings is 1. The van der Waals surface area contributed by atoms with Crippen LogP contribution in [0, 0.1) is 10.5 Å². The topological polar surface area (TPSA) is 27.1 Å². The minimum Gasteiger partial charge on any atom is -0.486 e. The molecule has 90 valence electrons. The Balaban J connectivity index is 2.15. The van der Waals surface area contributed by atoms with Crippen molar-refractivity contribution in [3.63, 3.8) is 0 Å². The number of para-hydroxylation sites is 1. The molecule has 0 unspecified atom stereocenters. The van der Waals surface area contributed by atoms with E-state index in [-0.39, 0.29) is 0 Å². The number of halogens is 2. The average Bonchev–Trinajstić information content (AvgIpc) is 2.53. The van der Waals surface area contributed by atoms with Crippen LogP contribution in [0.2, 0.25) is 5.02 Å². The summed E-state index contributed by atoms with van der Waals surface area (Å²) in [5.74, 6) is 0.864. The Morgan fingerprint density at radius 3 is 2.71 bits per heavy atom. The molecule has 0 amide bonds. The van der Waals surface area contributed by atoms with Crippen LogP contribution in [-0.4, -0.2) is 9.78 Å². The number of ether oxygens (including phenoxy) is 1. The van der Waals surface area contributed by atoms with E-state index in [2.05, 4.69) is 27.7 Å². The van der Waals surface area contributed by atoms with E-state index in [9.17, 15) is 0 Å². The van der Waals surface area contributed by atoms with Gasteiger partial charge in [-0.3, -0.25) is 4.68 Å². The van der Waals surface area contributed by atoms with Gasteiger partial charge in [-0.15, -0.1) is 0 Å². The smallest absolute Gasteiger partial charge is 0.133 e. The number of aromatic nitrogens is 2. The third kappa shape index (κ3) is 2.74. The number of nitrogens with zero attached hydrogens (tertiary/aromatic N) is 2. The molecule has 3 nitrogen and oxygen atoms in total. The van der Waals surface area contributed by atoms with Gasteiger partial charge in [-0.25, -0.2) is 0 Å². The van der Waals surface area contributed by atoms with Crippen molar-refractivity contribution in [1.82, 2.24) is 9.78 Å². The Morgan fingerprint density at radius 2 is 2.12 bits per heavy atom. The molecular weight excluding hydrogens is 351 g/mol. The first-order valence-electron chi connectivity index (χ1n) is 5.15. The molecule has 1 aromatic heterocycles. The molecule has 2 aromatic rings. The highest BCUT2D eigenvalue weighted by Gasteiger charge is 2.11. The van der Waals surface area contributed by atoms with E-state index in [0.29, 0.717) is 11.6 Å². The van der Waals surface area contributed by atoms with Gasteiger partial charge in [0.15, 0.2) is 0 Å². The third-order valence-corrected chi connectivity index (χ3v) is 3.85. The Bertz CT molecular complexity index is 539. The molecule has 0 atom stereocenters. The van der Waals surface area contributed by atoms with Gasteiger partial charge in [0.25, 0.3) is 0 Å². The van der Waals surface area contributed by atoms with E-state index >= 15 is 0 Å². The Morgan fingerprint density at radius 1 is 1.41 bits per heavy atom. The van der Waals surface area contributed by atoms with Crippen molar-refractivity contribution in [2.45, 2.75) is 13.5 Å². The summed E-state index contributed by atoms with van der Waals surface area (Å²) in [6, 6.07) is 7.88. The van der Waals surface area contributed by atoms with Crippen LogP contribution in [0.15, 0.2) is 24.3 Å². The summed E-state index contributed by atoms with van der Waals surface area (Å²) in [7, 11) is 1.87. The first kappa shape index (κ1) is 12.7. The number of aryl methyl sites for hydroxylation is 2. The lowest BCUT2D eigenvalue weighted by atomic mass is 10.3. The minimum atomic E-state index is 0.427. The summed E-state index contributed by atoms with van der Waals surface area (Å²) in [6.45, 7) is 2.31. The summed E-state index contributed by atoms with van der Waals surface area (Å²) in [4.78, 5) is 0. The lowest BCUT2D eigenvalue weighted by Crippen LogP contribution is -2.04. The van der Waals surface area contributed by atoms with E-state index in [4.69, 9.17) is 16.3 Å². The van der Waals surface area contributed by atoms with E-state index in [0.717, 1.165) is 20.7 Å². The summed E-state index contributed by atoms with van der Waals surface area (Å²) < 4.78 is 8.59. The zero-order valence-corrected chi connectivity index (χ0v) is 12.5. The quantitative estimate of drug-likeness (QED) is 0.781. The van der Waals surface area contributed by atoms with E-state index in [1.165, 1.54) is 0 Å². The van der Waals surface area contributed by atoms with Crippen molar-refractivity contribution in [2.24, 2.45) is 7.05 Å². The molecule has 0 N–H and O–H groups in total. The van der Waals surface area contributed by atoms with Crippen LogP contribution in [0.5, 0.6) is 5.75 Å². The molecule has 0 saturated heterocycles. The van der Waals surface area contributed by atoms with Crippen LogP contribution in [0.1, 0.15) is 11.4 Å². The first-order chi connectivity index (χ1) is 8.09. The predicted octanol–water partition coefficient (Wildman–Crippen LogP) is 3.57. The second-order valence-corrected chi connectivity index (χ2v) is 5.23. The van der Waals surface area contributed by atoms with Crippen LogP contribution < -0.4 is 4.74 Å². The Hall–Kier alpha value is -0.750. The molecule has 0 fully saturated rings. The van der Waals surface area contributed by atoms with Crippen molar-refractivity contribution >= 4 is 34.2 Å². The maximum atomic E-state index is 6.15. The largest absolute Gasteiger partial charge is 0.486 e.